The van der Waals surface area contributed by atoms with Crippen LogP contribution in [0, 0.1) is 6.92 Å². The molecule has 0 aliphatic carbocycles. The maximum atomic E-state index is 10.5. The smallest absolute Gasteiger partial charge is 0.267 e. The molecule has 0 aromatic carbocycles. The molecule has 1 N–H and O–H groups in total. The molecule has 4 heteroatoms. The van der Waals surface area contributed by atoms with Gasteiger partial charge in [0.2, 0.25) is 0 Å². The summed E-state index contributed by atoms with van der Waals surface area (Å²) in [4.78, 5) is 0. The van der Waals surface area contributed by atoms with Crippen molar-refractivity contribution < 1.29 is 13.0 Å². The zero-order valence-electron chi connectivity index (χ0n) is 6.08. The summed E-state index contributed by atoms with van der Waals surface area (Å²) in [6.45, 7) is 5.24. The Bertz CT molecular complexity index is 171. The largest absolute Gasteiger partial charge is 0.285 e. The average molecular weight is 165 g/mol. The molecule has 3 nitrogen and oxygen atoms in total. The molecule has 1 unspecified atom stereocenters. The highest BCUT2D eigenvalue weighted by atomic mass is 32.2. The second-order valence-electron chi connectivity index (χ2n) is 2.19. The Morgan fingerprint density at radius 2 is 2.10 bits per heavy atom. The van der Waals surface area contributed by atoms with E-state index in [4.69, 9.17) is 4.55 Å². The summed E-state index contributed by atoms with van der Waals surface area (Å²) in [7, 11) is -3.82. The lowest BCUT2D eigenvalue weighted by atomic mass is 10.2. The molecule has 0 aliphatic heterocycles. The van der Waals surface area contributed by atoms with Crippen LogP contribution in [-0.4, -0.2) is 18.2 Å². The maximum absolute atomic E-state index is 10.5. The predicted molar refractivity (Wildman–Crippen MR) is 40.2 cm³/mol. The Kier molecular flexibility index (Phi) is 3.89. The van der Waals surface area contributed by atoms with E-state index in [1.807, 2.05) is 0 Å². The standard InChI is InChI=1S/C6H13O3S/c1-3-5-6(4-2)10(7,8)9/h6H,1,3-5H2,2H3,(H,7,8,9). The summed E-state index contributed by atoms with van der Waals surface area (Å²) >= 11 is 0. The van der Waals surface area contributed by atoms with Crippen LogP contribution in [0.4, 0.5) is 0 Å². The van der Waals surface area contributed by atoms with E-state index >= 15 is 0 Å². The quantitative estimate of drug-likeness (QED) is 0.638. The molecule has 0 fully saturated rings. The molecule has 0 bridgehead atoms. The van der Waals surface area contributed by atoms with Crippen molar-refractivity contribution >= 4 is 10.1 Å². The van der Waals surface area contributed by atoms with Crippen LogP contribution in [0.15, 0.2) is 0 Å². The molecule has 1 atom stereocenters. The molecular weight excluding hydrogens is 152 g/mol. The number of hydrogen-bond donors (Lipinski definition) is 1. The highest BCUT2D eigenvalue weighted by Crippen LogP contribution is 2.09. The molecule has 0 aromatic rings. The lowest BCUT2D eigenvalue weighted by molar-refractivity contribution is 0.459. The summed E-state index contributed by atoms with van der Waals surface area (Å²) in [5.41, 5.74) is 0. The van der Waals surface area contributed by atoms with E-state index in [0.29, 0.717) is 19.3 Å². The minimum absolute atomic E-state index is 0.440. The fraction of sp³-hybridized carbons (Fsp3) is 0.833. The topological polar surface area (TPSA) is 54.4 Å². The van der Waals surface area contributed by atoms with Gasteiger partial charge in [-0.1, -0.05) is 20.3 Å². The number of rotatable bonds is 4. The first-order chi connectivity index (χ1) is 4.52. The fourth-order valence-corrected chi connectivity index (χ4v) is 1.68. The van der Waals surface area contributed by atoms with Gasteiger partial charge in [0.05, 0.1) is 5.25 Å². The van der Waals surface area contributed by atoms with Gasteiger partial charge in [-0.15, -0.1) is 0 Å². The Hall–Kier alpha value is -0.0900. The van der Waals surface area contributed by atoms with E-state index in [9.17, 15) is 8.42 Å². The van der Waals surface area contributed by atoms with Crippen LogP contribution in [-0.2, 0) is 10.1 Å². The molecule has 0 saturated heterocycles. The maximum Gasteiger partial charge on any atom is 0.267 e. The monoisotopic (exact) mass is 165 g/mol. The van der Waals surface area contributed by atoms with Gasteiger partial charge in [0, 0.05) is 0 Å². The third-order valence-corrected chi connectivity index (χ3v) is 2.81. The predicted octanol–water partition coefficient (Wildman–Crippen LogP) is 1.27. The van der Waals surface area contributed by atoms with Crippen LogP contribution in [0.25, 0.3) is 0 Å². The zero-order chi connectivity index (χ0) is 8.20. The average Bonchev–Trinajstić information content (AvgIpc) is 1.80. The first-order valence-corrected chi connectivity index (χ1v) is 4.78. The zero-order valence-corrected chi connectivity index (χ0v) is 6.89. The summed E-state index contributed by atoms with van der Waals surface area (Å²) in [6.07, 6.45) is 1.43. The van der Waals surface area contributed by atoms with Crippen molar-refractivity contribution in [3.63, 3.8) is 0 Å². The molecule has 1 radical (unpaired) electrons. The summed E-state index contributed by atoms with van der Waals surface area (Å²) in [6, 6.07) is 0. The Balaban J connectivity index is 4.08. The van der Waals surface area contributed by atoms with Crippen molar-refractivity contribution in [2.75, 3.05) is 0 Å². The minimum atomic E-state index is -3.82. The van der Waals surface area contributed by atoms with Crippen LogP contribution in [0.2, 0.25) is 0 Å². The van der Waals surface area contributed by atoms with Crippen LogP contribution in [0.3, 0.4) is 0 Å². The number of hydrogen-bond acceptors (Lipinski definition) is 2. The minimum Gasteiger partial charge on any atom is -0.285 e. The van der Waals surface area contributed by atoms with E-state index in [-0.39, 0.29) is 0 Å². The Morgan fingerprint density at radius 3 is 2.20 bits per heavy atom. The Morgan fingerprint density at radius 1 is 1.60 bits per heavy atom. The molecule has 61 valence electrons. The van der Waals surface area contributed by atoms with Crippen molar-refractivity contribution in [1.29, 1.82) is 0 Å². The molecule has 0 heterocycles. The van der Waals surface area contributed by atoms with Gasteiger partial charge in [0.25, 0.3) is 10.1 Å². The van der Waals surface area contributed by atoms with E-state index < -0.39 is 15.4 Å². The Labute approximate surface area is 62.2 Å². The molecule has 0 saturated carbocycles. The van der Waals surface area contributed by atoms with E-state index in [2.05, 4.69) is 6.92 Å². The SMILES string of the molecule is [CH2]CCC(CC)S(=O)(=O)O. The molecule has 10 heavy (non-hydrogen) atoms. The van der Waals surface area contributed by atoms with E-state index in [0.717, 1.165) is 0 Å². The molecule has 0 aliphatic rings. The first kappa shape index (κ1) is 9.91. The molecule has 0 spiro atoms. The van der Waals surface area contributed by atoms with Gasteiger partial charge in [-0.25, -0.2) is 0 Å². The van der Waals surface area contributed by atoms with Gasteiger partial charge in [0.1, 0.15) is 0 Å². The van der Waals surface area contributed by atoms with Gasteiger partial charge in [-0.3, -0.25) is 4.55 Å². The van der Waals surface area contributed by atoms with Crippen molar-refractivity contribution in [2.24, 2.45) is 0 Å². The summed E-state index contributed by atoms with van der Waals surface area (Å²) in [5.74, 6) is 0. The van der Waals surface area contributed by atoms with Crippen LogP contribution >= 0.6 is 0 Å². The van der Waals surface area contributed by atoms with E-state index in [1.54, 1.807) is 6.92 Å². The van der Waals surface area contributed by atoms with Gasteiger partial charge < -0.3 is 0 Å². The molecule has 0 amide bonds. The highest BCUT2D eigenvalue weighted by Gasteiger charge is 2.18. The van der Waals surface area contributed by atoms with Crippen LogP contribution in [0.5, 0.6) is 0 Å². The molecular formula is C6H13O3S. The second-order valence-corrected chi connectivity index (χ2v) is 3.88. The van der Waals surface area contributed by atoms with Crippen LogP contribution < -0.4 is 0 Å². The molecule has 0 aromatic heterocycles. The first-order valence-electron chi connectivity index (χ1n) is 3.28. The van der Waals surface area contributed by atoms with Crippen molar-refractivity contribution in [3.8, 4) is 0 Å². The van der Waals surface area contributed by atoms with Crippen LogP contribution in [0.1, 0.15) is 26.2 Å². The van der Waals surface area contributed by atoms with Gasteiger partial charge >= 0.3 is 0 Å². The van der Waals surface area contributed by atoms with Crippen molar-refractivity contribution in [1.82, 2.24) is 0 Å². The second kappa shape index (κ2) is 3.93. The third-order valence-electron chi connectivity index (χ3n) is 1.40. The van der Waals surface area contributed by atoms with Gasteiger partial charge in [-0.05, 0) is 12.8 Å². The normalized spacial score (nSPS) is 15.1. The van der Waals surface area contributed by atoms with Crippen molar-refractivity contribution in [2.45, 2.75) is 31.4 Å². The highest BCUT2D eigenvalue weighted by molar-refractivity contribution is 7.86. The van der Waals surface area contributed by atoms with Gasteiger partial charge in [-0.2, -0.15) is 8.42 Å². The summed E-state index contributed by atoms with van der Waals surface area (Å²) in [5, 5.41) is -0.620. The van der Waals surface area contributed by atoms with E-state index in [1.165, 1.54) is 0 Å². The molecule has 0 rings (SSSR count). The third kappa shape index (κ3) is 3.17. The van der Waals surface area contributed by atoms with Gasteiger partial charge in [0.15, 0.2) is 0 Å². The lowest BCUT2D eigenvalue weighted by Crippen LogP contribution is -2.18. The summed E-state index contributed by atoms with van der Waals surface area (Å²) < 4.78 is 29.5. The fourth-order valence-electron chi connectivity index (χ4n) is 0.791. The van der Waals surface area contributed by atoms with Crippen molar-refractivity contribution in [3.05, 3.63) is 6.92 Å². The lowest BCUT2D eigenvalue weighted by Gasteiger charge is -2.08.